The standard InChI is InChI=1S/C19H22N6O6S/c1-10-12(5-2-6-13(10)25(29)30)17(27)22-15-16(20)23-19(24-18(15)28)32-9-14(26)21-8-11-4-3-7-31-11/h2,5-6,11H,3-4,7-9H2,1H3,(H,21,26)(H,22,27)(H3,20,23,24,28)/t11-/m1/s1. The first-order valence-electron chi connectivity index (χ1n) is 9.72. The molecule has 32 heavy (non-hydrogen) atoms. The van der Waals surface area contributed by atoms with Crippen LogP contribution in [-0.4, -0.2) is 51.7 Å². The molecule has 0 aliphatic carbocycles. The van der Waals surface area contributed by atoms with Crippen molar-refractivity contribution in [1.29, 1.82) is 0 Å². The van der Waals surface area contributed by atoms with Gasteiger partial charge in [-0.05, 0) is 25.8 Å². The quantitative estimate of drug-likeness (QED) is 0.194. The molecule has 0 spiro atoms. The zero-order chi connectivity index (χ0) is 23.3. The number of nitrogens with two attached hydrogens (primary N) is 1. The Bertz CT molecular complexity index is 1100. The van der Waals surface area contributed by atoms with Crippen LogP contribution >= 0.6 is 11.8 Å². The number of amides is 2. The van der Waals surface area contributed by atoms with Crippen molar-refractivity contribution in [3.63, 3.8) is 0 Å². The lowest BCUT2D eigenvalue weighted by Crippen LogP contribution is -2.33. The van der Waals surface area contributed by atoms with Crippen LogP contribution in [0, 0.1) is 17.0 Å². The van der Waals surface area contributed by atoms with Crippen molar-refractivity contribution in [2.75, 3.05) is 30.0 Å². The fourth-order valence-electron chi connectivity index (χ4n) is 3.12. The summed E-state index contributed by atoms with van der Waals surface area (Å²) in [5, 5.41) is 16.3. The van der Waals surface area contributed by atoms with Crippen LogP contribution in [0.5, 0.6) is 0 Å². The van der Waals surface area contributed by atoms with Crippen molar-refractivity contribution in [3.8, 4) is 0 Å². The van der Waals surface area contributed by atoms with Crippen LogP contribution in [0.15, 0.2) is 28.2 Å². The highest BCUT2D eigenvalue weighted by Gasteiger charge is 2.21. The van der Waals surface area contributed by atoms with Crippen molar-refractivity contribution in [3.05, 3.63) is 49.8 Å². The number of hydrogen-bond acceptors (Lipinski definition) is 9. The highest BCUT2D eigenvalue weighted by Crippen LogP contribution is 2.23. The van der Waals surface area contributed by atoms with E-state index in [2.05, 4.69) is 20.6 Å². The molecule has 0 radical (unpaired) electrons. The van der Waals surface area contributed by atoms with Crippen LogP contribution in [0.1, 0.15) is 28.8 Å². The van der Waals surface area contributed by atoms with E-state index in [1.54, 1.807) is 0 Å². The van der Waals surface area contributed by atoms with Crippen LogP contribution in [0.4, 0.5) is 17.2 Å². The Labute approximate surface area is 186 Å². The number of benzene rings is 1. The number of nitro benzene ring substituents is 1. The summed E-state index contributed by atoms with van der Waals surface area (Å²) in [6.45, 7) is 2.55. The van der Waals surface area contributed by atoms with Gasteiger partial charge in [0.2, 0.25) is 5.91 Å². The minimum atomic E-state index is -0.737. The SMILES string of the molecule is Cc1c(C(=O)Nc2c(N)nc(SCC(=O)NC[C@H]3CCCO3)[nH]c2=O)cccc1[N+](=O)[O-]. The maximum Gasteiger partial charge on any atom is 0.277 e. The fourth-order valence-corrected chi connectivity index (χ4v) is 3.82. The van der Waals surface area contributed by atoms with Gasteiger partial charge < -0.3 is 21.1 Å². The van der Waals surface area contributed by atoms with E-state index in [0.717, 1.165) is 24.6 Å². The van der Waals surface area contributed by atoms with Gasteiger partial charge in [-0.2, -0.15) is 0 Å². The normalized spacial score (nSPS) is 15.3. The topological polar surface area (TPSA) is 182 Å². The van der Waals surface area contributed by atoms with E-state index in [1.165, 1.54) is 25.1 Å². The average molecular weight is 462 g/mol. The van der Waals surface area contributed by atoms with Crippen LogP contribution in [0.2, 0.25) is 0 Å². The predicted octanol–water partition coefficient (Wildman–Crippen LogP) is 1.21. The number of H-pyrrole nitrogens is 1. The van der Waals surface area contributed by atoms with Gasteiger partial charge in [-0.3, -0.25) is 29.5 Å². The lowest BCUT2D eigenvalue weighted by molar-refractivity contribution is -0.385. The Morgan fingerprint density at radius 3 is 2.88 bits per heavy atom. The number of hydrogen-bond donors (Lipinski definition) is 4. The summed E-state index contributed by atoms with van der Waals surface area (Å²) in [7, 11) is 0. The minimum absolute atomic E-state index is 0.00762. The second-order valence-corrected chi connectivity index (χ2v) is 7.98. The van der Waals surface area contributed by atoms with Crippen LogP contribution in [0.25, 0.3) is 0 Å². The van der Waals surface area contributed by atoms with E-state index in [4.69, 9.17) is 10.5 Å². The minimum Gasteiger partial charge on any atom is -0.382 e. The maximum atomic E-state index is 12.6. The van der Waals surface area contributed by atoms with Crippen LogP contribution < -0.4 is 21.9 Å². The number of aromatic nitrogens is 2. The van der Waals surface area contributed by atoms with Gasteiger partial charge in [-0.25, -0.2) is 4.98 Å². The zero-order valence-electron chi connectivity index (χ0n) is 17.2. The maximum absolute atomic E-state index is 12.6. The Morgan fingerprint density at radius 1 is 1.44 bits per heavy atom. The van der Waals surface area contributed by atoms with Crippen LogP contribution in [0.3, 0.4) is 0 Å². The van der Waals surface area contributed by atoms with Crippen molar-refractivity contribution in [2.45, 2.75) is 31.0 Å². The molecule has 5 N–H and O–H groups in total. The largest absolute Gasteiger partial charge is 0.382 e. The van der Waals surface area contributed by atoms with E-state index in [9.17, 15) is 24.5 Å². The molecule has 1 aromatic heterocycles. The summed E-state index contributed by atoms with van der Waals surface area (Å²) in [5.41, 5.74) is 4.79. The van der Waals surface area contributed by atoms with Gasteiger partial charge in [0.15, 0.2) is 11.0 Å². The van der Waals surface area contributed by atoms with Gasteiger partial charge in [0, 0.05) is 30.3 Å². The number of thioether (sulfide) groups is 1. The third-order valence-corrected chi connectivity index (χ3v) is 5.67. The highest BCUT2D eigenvalue weighted by molar-refractivity contribution is 7.99. The smallest absolute Gasteiger partial charge is 0.277 e. The number of nitro groups is 1. The van der Waals surface area contributed by atoms with Crippen LogP contribution in [-0.2, 0) is 9.53 Å². The molecule has 2 heterocycles. The molecule has 12 nitrogen and oxygen atoms in total. The van der Waals surface area contributed by atoms with E-state index >= 15 is 0 Å². The molecule has 1 aliphatic heterocycles. The second kappa shape index (κ2) is 10.2. The first kappa shape index (κ1) is 23.2. The average Bonchev–Trinajstić information content (AvgIpc) is 3.27. The van der Waals surface area contributed by atoms with E-state index in [0.29, 0.717) is 13.2 Å². The summed E-state index contributed by atoms with van der Waals surface area (Å²) in [6.07, 6.45) is 1.90. The molecule has 2 amide bonds. The Hall–Kier alpha value is -3.45. The summed E-state index contributed by atoms with van der Waals surface area (Å²) in [5.74, 6) is -1.22. The lowest BCUT2D eigenvalue weighted by Gasteiger charge is -2.11. The number of anilines is 2. The molecule has 1 aliphatic rings. The molecule has 13 heteroatoms. The first-order valence-corrected chi connectivity index (χ1v) is 10.7. The molecular weight excluding hydrogens is 440 g/mol. The summed E-state index contributed by atoms with van der Waals surface area (Å²) < 4.78 is 5.43. The van der Waals surface area contributed by atoms with Gasteiger partial charge >= 0.3 is 0 Å². The number of carbonyl (C=O) groups excluding carboxylic acids is 2. The predicted molar refractivity (Wildman–Crippen MR) is 118 cm³/mol. The molecule has 3 rings (SSSR count). The van der Waals surface area contributed by atoms with Gasteiger partial charge in [0.25, 0.3) is 17.2 Å². The van der Waals surface area contributed by atoms with Crippen molar-refractivity contribution in [1.82, 2.24) is 15.3 Å². The molecular formula is C19H22N6O6S. The number of nitrogen functional groups attached to an aromatic ring is 1. The highest BCUT2D eigenvalue weighted by atomic mass is 32.2. The summed E-state index contributed by atoms with van der Waals surface area (Å²) in [4.78, 5) is 53.9. The molecule has 2 aromatic rings. The van der Waals surface area contributed by atoms with Crippen molar-refractivity contribution >= 4 is 40.8 Å². The molecule has 0 unspecified atom stereocenters. The molecule has 1 fully saturated rings. The number of nitrogens with one attached hydrogen (secondary N) is 3. The molecule has 1 atom stereocenters. The molecule has 1 saturated heterocycles. The number of rotatable bonds is 8. The van der Waals surface area contributed by atoms with Gasteiger partial charge in [0.1, 0.15) is 5.69 Å². The molecule has 1 aromatic carbocycles. The van der Waals surface area contributed by atoms with Gasteiger partial charge in [-0.15, -0.1) is 0 Å². The third kappa shape index (κ3) is 5.62. The van der Waals surface area contributed by atoms with Gasteiger partial charge in [-0.1, -0.05) is 17.8 Å². The summed E-state index contributed by atoms with van der Waals surface area (Å²) >= 11 is 0.984. The Kier molecular flexibility index (Phi) is 7.43. The number of nitrogens with zero attached hydrogens (tertiary/aromatic N) is 2. The monoisotopic (exact) mass is 462 g/mol. The number of ether oxygens (including phenoxy) is 1. The van der Waals surface area contributed by atoms with E-state index in [1.807, 2.05) is 0 Å². The molecule has 170 valence electrons. The lowest BCUT2D eigenvalue weighted by atomic mass is 10.1. The summed E-state index contributed by atoms with van der Waals surface area (Å²) in [6, 6.07) is 4.04. The van der Waals surface area contributed by atoms with E-state index in [-0.39, 0.29) is 51.2 Å². The van der Waals surface area contributed by atoms with Crippen molar-refractivity contribution in [2.24, 2.45) is 0 Å². The van der Waals surface area contributed by atoms with Gasteiger partial charge in [0.05, 0.1) is 16.8 Å². The second-order valence-electron chi connectivity index (χ2n) is 7.02. The fraction of sp³-hybridized carbons (Fsp3) is 0.368. The zero-order valence-corrected chi connectivity index (χ0v) is 18.0. The first-order chi connectivity index (χ1) is 15.3. The molecule has 0 bridgehead atoms. The Balaban J connectivity index is 1.64. The third-order valence-electron chi connectivity index (χ3n) is 4.80. The van der Waals surface area contributed by atoms with E-state index < -0.39 is 16.4 Å². The molecule has 0 saturated carbocycles. The van der Waals surface area contributed by atoms with Crippen molar-refractivity contribution < 1.29 is 19.2 Å². The Morgan fingerprint density at radius 2 is 2.22 bits per heavy atom. The number of carbonyl (C=O) groups is 2. The number of aromatic amines is 1.